The van der Waals surface area contributed by atoms with Crippen molar-refractivity contribution in [3.05, 3.63) is 64.4 Å². The van der Waals surface area contributed by atoms with Crippen LogP contribution in [-0.4, -0.2) is 27.6 Å². The SMILES string of the molecule is Cc1nc(-c2ccc(C(=O)N3CCc4c(Cl)cccc43)cc2)n[nH]1. The monoisotopic (exact) mass is 338 g/mol. The largest absolute Gasteiger partial charge is 0.308 e. The molecule has 0 saturated carbocycles. The minimum atomic E-state index is -0.0197. The normalized spacial score (nSPS) is 13.2. The van der Waals surface area contributed by atoms with Crippen LogP contribution in [0.2, 0.25) is 5.02 Å². The van der Waals surface area contributed by atoms with Gasteiger partial charge in [0.2, 0.25) is 0 Å². The zero-order valence-electron chi connectivity index (χ0n) is 13.1. The molecular formula is C18H15ClN4O. The first kappa shape index (κ1) is 14.9. The van der Waals surface area contributed by atoms with Crippen molar-refractivity contribution in [3.8, 4) is 11.4 Å². The van der Waals surface area contributed by atoms with Crippen LogP contribution in [0.5, 0.6) is 0 Å². The Hall–Kier alpha value is -2.66. The average molecular weight is 339 g/mol. The summed E-state index contributed by atoms with van der Waals surface area (Å²) >= 11 is 6.22. The number of aromatic amines is 1. The van der Waals surface area contributed by atoms with E-state index in [1.54, 1.807) is 4.90 Å². The number of anilines is 1. The number of aryl methyl sites for hydroxylation is 1. The summed E-state index contributed by atoms with van der Waals surface area (Å²) < 4.78 is 0. The average Bonchev–Trinajstić information content (AvgIpc) is 3.22. The topological polar surface area (TPSA) is 61.9 Å². The fraction of sp³-hybridized carbons (Fsp3) is 0.167. The van der Waals surface area contributed by atoms with Crippen LogP contribution in [0.4, 0.5) is 5.69 Å². The Kier molecular flexibility index (Phi) is 3.58. The third kappa shape index (κ3) is 2.47. The van der Waals surface area contributed by atoms with Crippen LogP contribution in [0.1, 0.15) is 21.7 Å². The van der Waals surface area contributed by atoms with Crippen LogP contribution in [-0.2, 0) is 6.42 Å². The Morgan fingerprint density at radius 1 is 1.21 bits per heavy atom. The van der Waals surface area contributed by atoms with Gasteiger partial charge in [-0.1, -0.05) is 29.8 Å². The standard InChI is InChI=1S/C18H15ClN4O/c1-11-20-17(22-21-11)12-5-7-13(8-6-12)18(24)23-10-9-14-15(19)3-2-4-16(14)23/h2-8H,9-10H2,1H3,(H,20,21,22). The predicted octanol–water partition coefficient (Wildman–Crippen LogP) is 3.64. The zero-order chi connectivity index (χ0) is 16.7. The van der Waals surface area contributed by atoms with Gasteiger partial charge in [0.15, 0.2) is 5.82 Å². The molecule has 0 fully saturated rings. The highest BCUT2D eigenvalue weighted by atomic mass is 35.5. The number of benzene rings is 2. The fourth-order valence-electron chi connectivity index (χ4n) is 2.99. The number of hydrogen-bond donors (Lipinski definition) is 1. The van der Waals surface area contributed by atoms with Gasteiger partial charge in [-0.15, -0.1) is 0 Å². The van der Waals surface area contributed by atoms with Crippen LogP contribution >= 0.6 is 11.6 Å². The van der Waals surface area contributed by atoms with Gasteiger partial charge >= 0.3 is 0 Å². The van der Waals surface area contributed by atoms with Gasteiger partial charge in [0.05, 0.1) is 0 Å². The van der Waals surface area contributed by atoms with E-state index in [-0.39, 0.29) is 5.91 Å². The fourth-order valence-corrected chi connectivity index (χ4v) is 3.26. The number of carbonyl (C=O) groups excluding carboxylic acids is 1. The van der Waals surface area contributed by atoms with Gasteiger partial charge < -0.3 is 4.90 Å². The van der Waals surface area contributed by atoms with Gasteiger partial charge in [-0.3, -0.25) is 9.89 Å². The lowest BCUT2D eigenvalue weighted by Crippen LogP contribution is -2.28. The quantitative estimate of drug-likeness (QED) is 0.776. The van der Waals surface area contributed by atoms with Crippen molar-refractivity contribution in [1.29, 1.82) is 0 Å². The lowest BCUT2D eigenvalue weighted by Gasteiger charge is -2.17. The summed E-state index contributed by atoms with van der Waals surface area (Å²) in [6.07, 6.45) is 0.787. The molecule has 1 N–H and O–H groups in total. The molecule has 1 amide bonds. The lowest BCUT2D eigenvalue weighted by molar-refractivity contribution is 0.0989. The molecule has 4 rings (SSSR count). The Bertz CT molecular complexity index is 917. The summed E-state index contributed by atoms with van der Waals surface area (Å²) in [6.45, 7) is 2.50. The second kappa shape index (κ2) is 5.76. The summed E-state index contributed by atoms with van der Waals surface area (Å²) in [4.78, 5) is 18.9. The molecule has 3 aromatic rings. The summed E-state index contributed by atoms with van der Waals surface area (Å²) in [6, 6.07) is 13.0. The highest BCUT2D eigenvalue weighted by molar-refractivity contribution is 6.32. The summed E-state index contributed by atoms with van der Waals surface area (Å²) in [5, 5.41) is 7.67. The number of aromatic nitrogens is 3. The first-order valence-electron chi connectivity index (χ1n) is 7.72. The number of amides is 1. The van der Waals surface area contributed by atoms with Gasteiger partial charge in [-0.25, -0.2) is 4.98 Å². The molecule has 2 heterocycles. The third-order valence-corrected chi connectivity index (χ3v) is 4.56. The van der Waals surface area contributed by atoms with E-state index < -0.39 is 0 Å². The molecular weight excluding hydrogens is 324 g/mol. The number of nitrogens with one attached hydrogen (secondary N) is 1. The lowest BCUT2D eigenvalue weighted by atomic mass is 10.1. The Balaban J connectivity index is 1.61. The number of fused-ring (bicyclic) bond motifs is 1. The molecule has 0 radical (unpaired) electrons. The number of nitrogens with zero attached hydrogens (tertiary/aromatic N) is 3. The van der Waals surface area contributed by atoms with Crippen molar-refractivity contribution >= 4 is 23.2 Å². The highest BCUT2D eigenvalue weighted by Gasteiger charge is 2.26. The maximum Gasteiger partial charge on any atom is 0.258 e. The summed E-state index contributed by atoms with van der Waals surface area (Å²) in [5.41, 5.74) is 3.46. The summed E-state index contributed by atoms with van der Waals surface area (Å²) in [7, 11) is 0. The Labute approximate surface area is 144 Å². The van der Waals surface area contributed by atoms with E-state index in [1.807, 2.05) is 49.4 Å². The van der Waals surface area contributed by atoms with Crippen molar-refractivity contribution < 1.29 is 4.79 Å². The Morgan fingerprint density at radius 3 is 2.71 bits per heavy atom. The molecule has 0 unspecified atom stereocenters. The summed E-state index contributed by atoms with van der Waals surface area (Å²) in [5.74, 6) is 1.37. The van der Waals surface area contributed by atoms with E-state index in [1.165, 1.54) is 0 Å². The molecule has 0 aliphatic carbocycles. The second-order valence-corrected chi connectivity index (χ2v) is 6.17. The first-order valence-corrected chi connectivity index (χ1v) is 8.10. The van der Waals surface area contributed by atoms with Crippen LogP contribution in [0.25, 0.3) is 11.4 Å². The molecule has 6 heteroatoms. The third-order valence-electron chi connectivity index (χ3n) is 4.20. The van der Waals surface area contributed by atoms with Crippen LogP contribution in [0, 0.1) is 6.92 Å². The molecule has 1 aromatic heterocycles. The molecule has 0 bridgehead atoms. The van der Waals surface area contributed by atoms with Crippen molar-refractivity contribution in [3.63, 3.8) is 0 Å². The molecule has 1 aliphatic rings. The molecule has 0 atom stereocenters. The molecule has 0 saturated heterocycles. The van der Waals surface area contributed by atoms with Gasteiger partial charge in [-0.2, -0.15) is 5.10 Å². The molecule has 2 aromatic carbocycles. The van der Waals surface area contributed by atoms with Gasteiger partial charge in [0, 0.05) is 28.4 Å². The number of carbonyl (C=O) groups is 1. The molecule has 120 valence electrons. The first-order chi connectivity index (χ1) is 11.6. The van der Waals surface area contributed by atoms with Crippen LogP contribution < -0.4 is 4.90 Å². The molecule has 24 heavy (non-hydrogen) atoms. The van der Waals surface area contributed by atoms with Gasteiger partial charge in [-0.05, 0) is 43.2 Å². The number of halogens is 1. The molecule has 0 spiro atoms. The Morgan fingerprint density at radius 2 is 2.00 bits per heavy atom. The van der Waals surface area contributed by atoms with Gasteiger partial charge in [0.1, 0.15) is 5.82 Å². The minimum absolute atomic E-state index is 0.0197. The predicted molar refractivity (Wildman–Crippen MR) is 93.4 cm³/mol. The van der Waals surface area contributed by atoms with E-state index >= 15 is 0 Å². The van der Waals surface area contributed by atoms with Crippen molar-refractivity contribution in [2.24, 2.45) is 0 Å². The van der Waals surface area contributed by atoms with Crippen molar-refractivity contribution in [2.45, 2.75) is 13.3 Å². The van der Waals surface area contributed by atoms with Crippen LogP contribution in [0.15, 0.2) is 42.5 Å². The minimum Gasteiger partial charge on any atom is -0.308 e. The molecule has 5 nitrogen and oxygen atoms in total. The smallest absolute Gasteiger partial charge is 0.258 e. The van der Waals surface area contributed by atoms with Gasteiger partial charge in [0.25, 0.3) is 5.91 Å². The van der Waals surface area contributed by atoms with Crippen LogP contribution in [0.3, 0.4) is 0 Å². The van der Waals surface area contributed by atoms with E-state index in [2.05, 4.69) is 15.2 Å². The van der Waals surface area contributed by atoms with Crippen molar-refractivity contribution in [1.82, 2.24) is 15.2 Å². The van der Waals surface area contributed by atoms with E-state index in [0.29, 0.717) is 17.9 Å². The number of hydrogen-bond acceptors (Lipinski definition) is 3. The van der Waals surface area contributed by atoms with E-state index in [4.69, 9.17) is 11.6 Å². The second-order valence-electron chi connectivity index (χ2n) is 5.77. The van der Waals surface area contributed by atoms with Crippen molar-refractivity contribution in [2.75, 3.05) is 11.4 Å². The number of H-pyrrole nitrogens is 1. The van der Waals surface area contributed by atoms with E-state index in [0.717, 1.165) is 34.1 Å². The maximum absolute atomic E-state index is 12.8. The maximum atomic E-state index is 12.8. The zero-order valence-corrected chi connectivity index (χ0v) is 13.8. The highest BCUT2D eigenvalue weighted by Crippen LogP contribution is 2.34. The number of rotatable bonds is 2. The van der Waals surface area contributed by atoms with E-state index in [9.17, 15) is 4.79 Å². The molecule has 1 aliphatic heterocycles.